The normalized spacial score (nSPS) is 11.8. The summed E-state index contributed by atoms with van der Waals surface area (Å²) in [4.78, 5) is 17.8. The number of amides is 1. The van der Waals surface area contributed by atoms with E-state index in [0.717, 1.165) is 17.5 Å². The van der Waals surface area contributed by atoms with Crippen LogP contribution in [0, 0.1) is 0 Å². The number of nitrogens with zero attached hydrogens (tertiary/aromatic N) is 2. The van der Waals surface area contributed by atoms with Crippen LogP contribution in [0.15, 0.2) is 59.6 Å². The number of benzene rings is 2. The molecular formula is C23H32N4O3S. The summed E-state index contributed by atoms with van der Waals surface area (Å²) in [5.74, 6) is 0.796. The Morgan fingerprint density at radius 3 is 2.32 bits per heavy atom. The van der Waals surface area contributed by atoms with Crippen molar-refractivity contribution in [2.75, 3.05) is 40.0 Å². The predicted molar refractivity (Wildman–Crippen MR) is 126 cm³/mol. The number of rotatable bonds is 10. The third kappa shape index (κ3) is 8.80. The van der Waals surface area contributed by atoms with Crippen LogP contribution in [0.5, 0.6) is 0 Å². The Bertz CT molecular complexity index is 973. The average molecular weight is 445 g/mol. The highest BCUT2D eigenvalue weighted by Gasteiger charge is 2.12. The molecule has 8 heteroatoms. The molecule has 0 aromatic heterocycles. The van der Waals surface area contributed by atoms with Crippen molar-refractivity contribution < 1.29 is 13.2 Å². The van der Waals surface area contributed by atoms with Crippen molar-refractivity contribution in [2.45, 2.75) is 18.6 Å². The monoisotopic (exact) mass is 444 g/mol. The molecule has 0 aliphatic rings. The summed E-state index contributed by atoms with van der Waals surface area (Å²) in [6, 6.07) is 16.8. The molecule has 31 heavy (non-hydrogen) atoms. The lowest BCUT2D eigenvalue weighted by Crippen LogP contribution is -2.39. The first kappa shape index (κ1) is 24.4. The molecule has 2 aromatic rings. The molecule has 2 aromatic carbocycles. The molecule has 2 rings (SSSR count). The number of hydrogen-bond acceptors (Lipinski definition) is 4. The molecule has 168 valence electrons. The molecule has 0 bridgehead atoms. The van der Waals surface area contributed by atoms with Crippen LogP contribution in [0.2, 0.25) is 0 Å². The van der Waals surface area contributed by atoms with Crippen molar-refractivity contribution in [3.63, 3.8) is 0 Å². The maximum absolute atomic E-state index is 12.3. The summed E-state index contributed by atoms with van der Waals surface area (Å²) < 4.78 is 24.5. The first-order chi connectivity index (χ1) is 14.8. The maximum Gasteiger partial charge on any atom is 0.253 e. The minimum atomic E-state index is -3.14. The highest BCUT2D eigenvalue weighted by molar-refractivity contribution is 7.90. The third-order valence-corrected chi connectivity index (χ3v) is 6.35. The van der Waals surface area contributed by atoms with Crippen molar-refractivity contribution >= 4 is 21.7 Å². The molecule has 1 amide bonds. The number of aliphatic imine (C=N–C) groups is 1. The van der Waals surface area contributed by atoms with Gasteiger partial charge in [0.05, 0.1) is 11.5 Å². The van der Waals surface area contributed by atoms with Gasteiger partial charge in [0.2, 0.25) is 0 Å². The number of carbonyl (C=O) groups excluding carboxylic acids is 1. The van der Waals surface area contributed by atoms with Crippen LogP contribution in [-0.2, 0) is 22.0 Å². The maximum atomic E-state index is 12.3. The van der Waals surface area contributed by atoms with Crippen molar-refractivity contribution in [1.82, 2.24) is 15.5 Å². The van der Waals surface area contributed by atoms with Gasteiger partial charge in [0.1, 0.15) is 0 Å². The Hall–Kier alpha value is -2.87. The zero-order valence-electron chi connectivity index (χ0n) is 18.5. The van der Waals surface area contributed by atoms with E-state index in [2.05, 4.69) is 15.6 Å². The minimum absolute atomic E-state index is 0.0190. The number of hydrogen-bond donors (Lipinski definition) is 2. The van der Waals surface area contributed by atoms with E-state index in [4.69, 9.17) is 0 Å². The Morgan fingerprint density at radius 2 is 1.65 bits per heavy atom. The summed E-state index contributed by atoms with van der Waals surface area (Å²) in [6.07, 6.45) is 1.24. The van der Waals surface area contributed by atoms with Crippen molar-refractivity contribution in [3.8, 4) is 0 Å². The smallest absolute Gasteiger partial charge is 0.253 e. The van der Waals surface area contributed by atoms with Crippen LogP contribution >= 0.6 is 0 Å². The second-order valence-corrected chi connectivity index (χ2v) is 9.69. The van der Waals surface area contributed by atoms with Gasteiger partial charge in [-0.05, 0) is 36.1 Å². The van der Waals surface area contributed by atoms with Crippen LogP contribution < -0.4 is 10.6 Å². The molecule has 0 saturated carbocycles. The lowest BCUT2D eigenvalue weighted by atomic mass is 10.1. The molecule has 0 radical (unpaired) electrons. The molecule has 0 heterocycles. The second kappa shape index (κ2) is 12.1. The standard InChI is InChI=1S/C23H32N4O3S/c1-24-23(25-14-8-16-31(29,30)18-20-9-5-4-6-10-20)26-15-13-19-11-7-12-21(17-19)22(28)27(2)3/h4-7,9-12,17H,8,13-16,18H2,1-3H3,(H2,24,25,26). The zero-order valence-corrected chi connectivity index (χ0v) is 19.3. The van der Waals surface area contributed by atoms with E-state index in [1.807, 2.05) is 54.6 Å². The second-order valence-electron chi connectivity index (χ2n) is 7.51. The number of sulfone groups is 1. The van der Waals surface area contributed by atoms with Gasteiger partial charge in [0, 0.05) is 39.8 Å². The van der Waals surface area contributed by atoms with E-state index in [-0.39, 0.29) is 17.4 Å². The molecule has 0 saturated heterocycles. The minimum Gasteiger partial charge on any atom is -0.356 e. The number of carbonyl (C=O) groups is 1. The van der Waals surface area contributed by atoms with Gasteiger partial charge in [-0.1, -0.05) is 42.5 Å². The van der Waals surface area contributed by atoms with Crippen molar-refractivity contribution in [1.29, 1.82) is 0 Å². The average Bonchev–Trinajstić information content (AvgIpc) is 2.75. The molecule has 0 atom stereocenters. The van der Waals surface area contributed by atoms with E-state index < -0.39 is 9.84 Å². The SMILES string of the molecule is CN=C(NCCCS(=O)(=O)Cc1ccccc1)NCCc1cccc(C(=O)N(C)C)c1. The fraction of sp³-hybridized carbons (Fsp3) is 0.391. The highest BCUT2D eigenvalue weighted by Crippen LogP contribution is 2.08. The first-order valence-corrected chi connectivity index (χ1v) is 12.1. The fourth-order valence-electron chi connectivity index (χ4n) is 3.06. The predicted octanol–water partition coefficient (Wildman–Crippen LogP) is 2.10. The number of guanidine groups is 1. The van der Waals surface area contributed by atoms with Gasteiger partial charge in [0.15, 0.2) is 15.8 Å². The Morgan fingerprint density at radius 1 is 0.968 bits per heavy atom. The van der Waals surface area contributed by atoms with Crippen molar-refractivity contribution in [3.05, 3.63) is 71.3 Å². The van der Waals surface area contributed by atoms with Gasteiger partial charge < -0.3 is 15.5 Å². The van der Waals surface area contributed by atoms with Crippen molar-refractivity contribution in [2.24, 2.45) is 4.99 Å². The molecular weight excluding hydrogens is 412 g/mol. The summed E-state index contributed by atoms with van der Waals surface area (Å²) >= 11 is 0. The van der Waals surface area contributed by atoms with Crippen LogP contribution in [0.4, 0.5) is 0 Å². The zero-order chi connectivity index (χ0) is 22.7. The topological polar surface area (TPSA) is 90.9 Å². The molecule has 7 nitrogen and oxygen atoms in total. The molecule has 0 spiro atoms. The van der Waals surface area contributed by atoms with Gasteiger partial charge in [-0.2, -0.15) is 0 Å². The number of nitrogens with one attached hydrogen (secondary N) is 2. The van der Waals surface area contributed by atoms with Crippen LogP contribution in [-0.4, -0.2) is 65.2 Å². The Kier molecular flexibility index (Phi) is 9.52. The molecule has 0 fully saturated rings. The van der Waals surface area contributed by atoms with E-state index in [9.17, 15) is 13.2 Å². The first-order valence-electron chi connectivity index (χ1n) is 10.3. The largest absolute Gasteiger partial charge is 0.356 e. The van der Waals surface area contributed by atoms with Gasteiger partial charge in [0.25, 0.3) is 5.91 Å². The van der Waals surface area contributed by atoms with Crippen LogP contribution in [0.1, 0.15) is 27.9 Å². The van der Waals surface area contributed by atoms with E-state index >= 15 is 0 Å². The van der Waals surface area contributed by atoms with Crippen LogP contribution in [0.25, 0.3) is 0 Å². The molecule has 2 N–H and O–H groups in total. The lowest BCUT2D eigenvalue weighted by molar-refractivity contribution is 0.0827. The van der Waals surface area contributed by atoms with E-state index in [1.54, 1.807) is 26.0 Å². The summed E-state index contributed by atoms with van der Waals surface area (Å²) in [6.45, 7) is 1.16. The Labute approximate surface area is 185 Å². The van der Waals surface area contributed by atoms with Gasteiger partial charge in [-0.3, -0.25) is 9.79 Å². The van der Waals surface area contributed by atoms with Gasteiger partial charge in [-0.25, -0.2) is 8.42 Å². The van der Waals surface area contributed by atoms with Crippen LogP contribution in [0.3, 0.4) is 0 Å². The summed E-state index contributed by atoms with van der Waals surface area (Å²) in [5, 5.41) is 6.37. The molecule has 0 aliphatic carbocycles. The van der Waals surface area contributed by atoms with Gasteiger partial charge in [-0.15, -0.1) is 0 Å². The van der Waals surface area contributed by atoms with E-state index in [1.165, 1.54) is 0 Å². The van der Waals surface area contributed by atoms with Gasteiger partial charge >= 0.3 is 0 Å². The molecule has 0 unspecified atom stereocenters. The highest BCUT2D eigenvalue weighted by atomic mass is 32.2. The van der Waals surface area contributed by atoms with E-state index in [0.29, 0.717) is 31.0 Å². The quantitative estimate of drug-likeness (QED) is 0.333. The summed E-state index contributed by atoms with van der Waals surface area (Å²) in [5.41, 5.74) is 2.54. The Balaban J connectivity index is 1.72. The lowest BCUT2D eigenvalue weighted by Gasteiger charge is -2.13. The molecule has 0 aliphatic heterocycles. The fourth-order valence-corrected chi connectivity index (χ4v) is 4.49. The third-order valence-electron chi connectivity index (χ3n) is 4.66. The summed E-state index contributed by atoms with van der Waals surface area (Å²) in [7, 11) is 2.01.